The van der Waals surface area contributed by atoms with Crippen LogP contribution in [0.1, 0.15) is 24.1 Å². The number of hydrogen-bond donors (Lipinski definition) is 0. The molecule has 1 aromatic carbocycles. The zero-order valence-electron chi connectivity index (χ0n) is 12.9. The molecule has 0 bridgehead atoms. The van der Waals surface area contributed by atoms with Gasteiger partial charge in [-0.05, 0) is 37.5 Å². The van der Waals surface area contributed by atoms with Crippen LogP contribution in [0.5, 0.6) is 0 Å². The van der Waals surface area contributed by atoms with Gasteiger partial charge in [0.1, 0.15) is 16.9 Å². The molecule has 1 saturated heterocycles. The smallest absolute Gasteiger partial charge is 0.179 e. The number of benzene rings is 1. The van der Waals surface area contributed by atoms with E-state index in [0.29, 0.717) is 6.54 Å². The van der Waals surface area contributed by atoms with Gasteiger partial charge in [-0.1, -0.05) is 17.3 Å². The van der Waals surface area contributed by atoms with Gasteiger partial charge in [-0.2, -0.15) is 5.10 Å². The molecule has 7 heteroatoms. The number of fused-ring (bicyclic) bond motifs is 1. The van der Waals surface area contributed by atoms with Crippen LogP contribution >= 0.6 is 0 Å². The van der Waals surface area contributed by atoms with E-state index in [1.165, 1.54) is 12.1 Å². The van der Waals surface area contributed by atoms with Gasteiger partial charge >= 0.3 is 0 Å². The molecule has 2 aromatic heterocycles. The average Bonchev–Trinajstić information content (AvgIpc) is 3.21. The molecule has 1 aliphatic heterocycles. The zero-order valence-corrected chi connectivity index (χ0v) is 12.9. The number of aryl methyl sites for hydroxylation is 1. The fourth-order valence-electron chi connectivity index (χ4n) is 3.01. The minimum Gasteiger partial charge on any atom is -0.353 e. The minimum atomic E-state index is -0.239. The quantitative estimate of drug-likeness (QED) is 0.743. The van der Waals surface area contributed by atoms with Crippen molar-refractivity contribution in [3.8, 4) is 0 Å². The van der Waals surface area contributed by atoms with Crippen LogP contribution in [-0.2, 0) is 6.54 Å². The number of aromatic nitrogens is 5. The van der Waals surface area contributed by atoms with Crippen LogP contribution in [0.4, 0.5) is 10.2 Å². The second-order valence-electron chi connectivity index (χ2n) is 5.87. The van der Waals surface area contributed by atoms with Gasteiger partial charge in [-0.15, -0.1) is 10.2 Å². The third-order valence-corrected chi connectivity index (χ3v) is 4.24. The Labute approximate surface area is 132 Å². The predicted octanol–water partition coefficient (Wildman–Crippen LogP) is 2.32. The molecule has 1 fully saturated rings. The summed E-state index contributed by atoms with van der Waals surface area (Å²) in [6.07, 6.45) is 2.33. The Morgan fingerprint density at radius 2 is 1.78 bits per heavy atom. The highest BCUT2D eigenvalue weighted by Gasteiger charge is 2.22. The molecule has 6 nitrogen and oxygen atoms in total. The van der Waals surface area contributed by atoms with Crippen molar-refractivity contribution < 1.29 is 4.39 Å². The summed E-state index contributed by atoms with van der Waals surface area (Å²) in [7, 11) is 0. The fraction of sp³-hybridized carbons (Fsp3) is 0.375. The Balaban J connectivity index is 1.80. The van der Waals surface area contributed by atoms with Gasteiger partial charge in [-0.3, -0.25) is 0 Å². The summed E-state index contributed by atoms with van der Waals surface area (Å²) in [5.41, 5.74) is 3.43. The normalized spacial score (nSPS) is 14.8. The van der Waals surface area contributed by atoms with Crippen molar-refractivity contribution >= 4 is 16.9 Å². The van der Waals surface area contributed by atoms with Crippen LogP contribution in [-0.4, -0.2) is 38.3 Å². The predicted molar refractivity (Wildman–Crippen MR) is 84.8 cm³/mol. The third-order valence-electron chi connectivity index (χ3n) is 4.24. The lowest BCUT2D eigenvalue weighted by atomic mass is 10.2. The van der Waals surface area contributed by atoms with E-state index < -0.39 is 0 Å². The molecule has 0 amide bonds. The minimum absolute atomic E-state index is 0.239. The second-order valence-corrected chi connectivity index (χ2v) is 5.87. The Kier molecular flexibility index (Phi) is 3.40. The summed E-state index contributed by atoms with van der Waals surface area (Å²) in [6, 6.07) is 6.45. The average molecular weight is 312 g/mol. The number of nitrogens with zero attached hydrogens (tertiary/aromatic N) is 6. The molecular formula is C16H17FN6. The fourth-order valence-corrected chi connectivity index (χ4v) is 3.01. The largest absolute Gasteiger partial charge is 0.353 e. The Morgan fingerprint density at radius 1 is 1.04 bits per heavy atom. The maximum atomic E-state index is 13.1. The highest BCUT2D eigenvalue weighted by atomic mass is 19.1. The van der Waals surface area contributed by atoms with Crippen molar-refractivity contribution in [1.29, 1.82) is 0 Å². The van der Waals surface area contributed by atoms with Crippen LogP contribution in [0.25, 0.3) is 11.0 Å². The van der Waals surface area contributed by atoms with Crippen molar-refractivity contribution in [2.24, 2.45) is 0 Å². The van der Waals surface area contributed by atoms with Gasteiger partial charge in [0.15, 0.2) is 5.82 Å². The second kappa shape index (κ2) is 5.57. The van der Waals surface area contributed by atoms with Crippen molar-refractivity contribution in [2.75, 3.05) is 18.0 Å². The van der Waals surface area contributed by atoms with Gasteiger partial charge in [0.25, 0.3) is 0 Å². The molecule has 1 aliphatic rings. The molecule has 3 aromatic rings. The van der Waals surface area contributed by atoms with E-state index in [9.17, 15) is 4.39 Å². The van der Waals surface area contributed by atoms with Crippen LogP contribution in [0.15, 0.2) is 24.3 Å². The van der Waals surface area contributed by atoms with Crippen molar-refractivity contribution in [3.05, 3.63) is 41.3 Å². The van der Waals surface area contributed by atoms with Gasteiger partial charge in [0.05, 0.1) is 12.2 Å². The van der Waals surface area contributed by atoms with Gasteiger partial charge in [0.2, 0.25) is 0 Å². The van der Waals surface area contributed by atoms with Crippen molar-refractivity contribution in [3.63, 3.8) is 0 Å². The Hall–Kier alpha value is -2.57. The van der Waals surface area contributed by atoms with E-state index >= 15 is 0 Å². The van der Waals surface area contributed by atoms with Crippen LogP contribution in [0, 0.1) is 12.7 Å². The van der Waals surface area contributed by atoms with E-state index in [2.05, 4.69) is 25.4 Å². The van der Waals surface area contributed by atoms with Gasteiger partial charge in [0, 0.05) is 13.1 Å². The first-order chi connectivity index (χ1) is 11.2. The Morgan fingerprint density at radius 3 is 2.52 bits per heavy atom. The lowest BCUT2D eigenvalue weighted by molar-refractivity contribution is 0.623. The van der Waals surface area contributed by atoms with E-state index in [4.69, 9.17) is 0 Å². The number of rotatable bonds is 3. The molecule has 0 radical (unpaired) electrons. The first-order valence-electron chi connectivity index (χ1n) is 7.78. The highest BCUT2D eigenvalue weighted by Crippen LogP contribution is 2.27. The first-order valence-corrected chi connectivity index (χ1v) is 7.78. The molecule has 0 saturated carbocycles. The van der Waals surface area contributed by atoms with E-state index in [1.54, 1.807) is 12.1 Å². The summed E-state index contributed by atoms with van der Waals surface area (Å²) in [6.45, 7) is 4.38. The van der Waals surface area contributed by atoms with E-state index in [-0.39, 0.29) is 5.82 Å². The summed E-state index contributed by atoms with van der Waals surface area (Å²) in [4.78, 5) is 2.24. The molecule has 0 N–H and O–H groups in total. The molecule has 0 atom stereocenters. The molecule has 0 spiro atoms. The summed E-state index contributed by atoms with van der Waals surface area (Å²) in [5, 5.41) is 17.2. The molecule has 4 rings (SSSR count). The van der Waals surface area contributed by atoms with Crippen molar-refractivity contribution in [1.82, 2.24) is 25.2 Å². The van der Waals surface area contributed by atoms with Gasteiger partial charge < -0.3 is 4.90 Å². The lowest BCUT2D eigenvalue weighted by Gasteiger charge is -2.17. The maximum Gasteiger partial charge on any atom is 0.179 e. The molecule has 0 aliphatic carbocycles. The van der Waals surface area contributed by atoms with Crippen LogP contribution in [0.3, 0.4) is 0 Å². The molecule has 23 heavy (non-hydrogen) atoms. The highest BCUT2D eigenvalue weighted by molar-refractivity contribution is 5.87. The SMILES string of the molecule is Cc1nnc(N2CCCC2)c2c1nnn2Cc1ccc(F)cc1. The Bertz CT molecular complexity index is 836. The van der Waals surface area contributed by atoms with Crippen molar-refractivity contribution in [2.45, 2.75) is 26.3 Å². The summed E-state index contributed by atoms with van der Waals surface area (Å²) < 4.78 is 14.9. The third kappa shape index (κ3) is 2.52. The van der Waals surface area contributed by atoms with E-state index in [0.717, 1.165) is 54.0 Å². The van der Waals surface area contributed by atoms with Crippen LogP contribution < -0.4 is 4.90 Å². The zero-order chi connectivity index (χ0) is 15.8. The topological polar surface area (TPSA) is 59.7 Å². The first kappa shape index (κ1) is 14.0. The molecule has 3 heterocycles. The maximum absolute atomic E-state index is 13.1. The van der Waals surface area contributed by atoms with E-state index in [1.807, 2.05) is 11.6 Å². The van der Waals surface area contributed by atoms with Crippen LogP contribution in [0.2, 0.25) is 0 Å². The molecule has 0 unspecified atom stereocenters. The number of halogens is 1. The number of hydrogen-bond acceptors (Lipinski definition) is 5. The summed E-state index contributed by atoms with van der Waals surface area (Å²) >= 11 is 0. The summed E-state index contributed by atoms with van der Waals surface area (Å²) in [5.74, 6) is 0.604. The van der Waals surface area contributed by atoms with Gasteiger partial charge in [-0.25, -0.2) is 9.07 Å². The standard InChI is InChI=1S/C16H17FN6/c1-11-14-15(16(20-18-11)22-8-2-3-9-22)23(21-19-14)10-12-4-6-13(17)7-5-12/h4-7H,2-3,8-10H2,1H3. The number of anilines is 1. The lowest BCUT2D eigenvalue weighted by Crippen LogP contribution is -2.21. The monoisotopic (exact) mass is 312 g/mol. The molecular weight excluding hydrogens is 295 g/mol. The molecule has 118 valence electrons.